The van der Waals surface area contributed by atoms with Crippen LogP contribution in [0.2, 0.25) is 0 Å². The summed E-state index contributed by atoms with van der Waals surface area (Å²) in [5, 5.41) is 9.20. The van der Waals surface area contributed by atoms with E-state index >= 15 is 0 Å². The molecule has 3 rings (SSSR count). The van der Waals surface area contributed by atoms with Crippen LogP contribution in [0.4, 0.5) is 15.8 Å². The summed E-state index contributed by atoms with van der Waals surface area (Å²) < 4.78 is 67.6. The summed E-state index contributed by atoms with van der Waals surface area (Å²) in [6, 6.07) is 14.5. The standard InChI is InChI=1S/C19H15FN2O6S2/c20-13-8-10-15(11-9-13)29(25,26)21-14-4-3-5-16(12-14)30(27,28)22-18-7-2-1-6-17(18)19(23)24/h1-12,21-22H,(H,23,24). The molecule has 3 N–H and O–H groups in total. The lowest BCUT2D eigenvalue weighted by molar-refractivity contribution is 0.0698. The fraction of sp³-hybridized carbons (Fsp3) is 0. The number of benzene rings is 3. The quantitative estimate of drug-likeness (QED) is 0.507. The molecule has 0 heterocycles. The van der Waals surface area contributed by atoms with Gasteiger partial charge in [0, 0.05) is 0 Å². The maximum atomic E-state index is 13.0. The summed E-state index contributed by atoms with van der Waals surface area (Å²) in [7, 11) is -8.29. The summed E-state index contributed by atoms with van der Waals surface area (Å²) in [6.07, 6.45) is 0. The van der Waals surface area contributed by atoms with E-state index in [1.807, 2.05) is 0 Å². The van der Waals surface area contributed by atoms with Crippen LogP contribution in [-0.4, -0.2) is 27.9 Å². The molecule has 11 heteroatoms. The van der Waals surface area contributed by atoms with Crippen LogP contribution in [-0.2, 0) is 20.0 Å². The molecule has 0 aliphatic carbocycles. The maximum Gasteiger partial charge on any atom is 0.337 e. The molecule has 0 aromatic heterocycles. The molecule has 0 radical (unpaired) electrons. The number of carboxylic acid groups (broad SMARTS) is 1. The van der Waals surface area contributed by atoms with Gasteiger partial charge < -0.3 is 5.11 Å². The van der Waals surface area contributed by atoms with Crippen molar-refractivity contribution < 1.29 is 31.1 Å². The summed E-state index contributed by atoms with van der Waals surface area (Å²) in [4.78, 5) is 10.8. The topological polar surface area (TPSA) is 130 Å². The normalized spacial score (nSPS) is 11.6. The van der Waals surface area contributed by atoms with E-state index in [4.69, 9.17) is 0 Å². The van der Waals surface area contributed by atoms with E-state index < -0.39 is 31.8 Å². The van der Waals surface area contributed by atoms with Crippen LogP contribution in [0, 0.1) is 5.82 Å². The second-order valence-electron chi connectivity index (χ2n) is 6.04. The Bertz CT molecular complexity index is 1310. The number of para-hydroxylation sites is 1. The van der Waals surface area contributed by atoms with Crippen LogP contribution in [0.3, 0.4) is 0 Å². The summed E-state index contributed by atoms with van der Waals surface area (Å²) in [5.74, 6) is -1.91. The van der Waals surface area contributed by atoms with E-state index in [0.29, 0.717) is 0 Å². The zero-order valence-corrected chi connectivity index (χ0v) is 16.7. The van der Waals surface area contributed by atoms with Crippen molar-refractivity contribution in [3.8, 4) is 0 Å². The molecule has 3 aromatic carbocycles. The number of anilines is 2. The molecule has 0 fully saturated rings. The lowest BCUT2D eigenvalue weighted by atomic mass is 10.2. The molecule has 0 aliphatic rings. The van der Waals surface area contributed by atoms with Gasteiger partial charge in [-0.1, -0.05) is 18.2 Å². The smallest absolute Gasteiger partial charge is 0.337 e. The first kappa shape index (κ1) is 21.3. The molecule has 0 spiro atoms. The second-order valence-corrected chi connectivity index (χ2v) is 9.41. The first-order chi connectivity index (χ1) is 14.1. The van der Waals surface area contributed by atoms with Gasteiger partial charge in [-0.3, -0.25) is 9.44 Å². The summed E-state index contributed by atoms with van der Waals surface area (Å²) in [5.41, 5.74) is -0.426. The van der Waals surface area contributed by atoms with Crippen LogP contribution in [0.5, 0.6) is 0 Å². The highest BCUT2D eigenvalue weighted by molar-refractivity contribution is 7.93. The van der Waals surface area contributed by atoms with Crippen molar-refractivity contribution in [3.05, 3.63) is 84.2 Å². The molecule has 0 bridgehead atoms. The van der Waals surface area contributed by atoms with Crippen LogP contribution in [0.15, 0.2) is 82.6 Å². The number of sulfonamides is 2. The third kappa shape index (κ3) is 4.75. The zero-order chi connectivity index (χ0) is 21.9. The minimum absolute atomic E-state index is 0.0475. The van der Waals surface area contributed by atoms with Crippen LogP contribution < -0.4 is 9.44 Å². The van der Waals surface area contributed by atoms with Crippen molar-refractivity contribution >= 4 is 37.4 Å². The molecule has 156 valence electrons. The van der Waals surface area contributed by atoms with E-state index in [1.165, 1.54) is 42.5 Å². The van der Waals surface area contributed by atoms with Crippen molar-refractivity contribution in [2.45, 2.75) is 9.79 Å². The van der Waals surface area contributed by atoms with Gasteiger partial charge in [0.1, 0.15) is 5.82 Å². The van der Waals surface area contributed by atoms with E-state index in [0.717, 1.165) is 30.3 Å². The highest BCUT2D eigenvalue weighted by Crippen LogP contribution is 2.23. The van der Waals surface area contributed by atoms with Gasteiger partial charge in [-0.2, -0.15) is 0 Å². The average molecular weight is 450 g/mol. The van der Waals surface area contributed by atoms with Crippen LogP contribution >= 0.6 is 0 Å². The van der Waals surface area contributed by atoms with Crippen molar-refractivity contribution in [2.24, 2.45) is 0 Å². The van der Waals surface area contributed by atoms with Crippen molar-refractivity contribution in [1.29, 1.82) is 0 Å². The first-order valence-electron chi connectivity index (χ1n) is 8.32. The fourth-order valence-electron chi connectivity index (χ4n) is 2.52. The van der Waals surface area contributed by atoms with Crippen LogP contribution in [0.1, 0.15) is 10.4 Å². The Kier molecular flexibility index (Phi) is 5.76. The number of carbonyl (C=O) groups is 1. The molecule has 0 saturated heterocycles. The molecule has 0 saturated carbocycles. The summed E-state index contributed by atoms with van der Waals surface area (Å²) >= 11 is 0. The van der Waals surface area contributed by atoms with Crippen molar-refractivity contribution in [1.82, 2.24) is 0 Å². The third-order valence-corrected chi connectivity index (χ3v) is 6.68. The number of carboxylic acids is 1. The van der Waals surface area contributed by atoms with Gasteiger partial charge >= 0.3 is 5.97 Å². The Morgan fingerprint density at radius 1 is 0.767 bits per heavy atom. The van der Waals surface area contributed by atoms with Gasteiger partial charge in [0.15, 0.2) is 0 Å². The lowest BCUT2D eigenvalue weighted by Crippen LogP contribution is -2.17. The Morgan fingerprint density at radius 3 is 2.07 bits per heavy atom. The van der Waals surface area contributed by atoms with E-state index in [1.54, 1.807) is 0 Å². The van der Waals surface area contributed by atoms with Gasteiger partial charge in [0.25, 0.3) is 20.0 Å². The van der Waals surface area contributed by atoms with E-state index in [-0.39, 0.29) is 26.7 Å². The van der Waals surface area contributed by atoms with Gasteiger partial charge in [0.2, 0.25) is 0 Å². The molecule has 3 aromatic rings. The van der Waals surface area contributed by atoms with Gasteiger partial charge in [-0.25, -0.2) is 26.0 Å². The Hall–Kier alpha value is -3.44. The molecule has 8 nitrogen and oxygen atoms in total. The molecular formula is C19H15FN2O6S2. The second kappa shape index (κ2) is 8.13. The number of hydrogen-bond acceptors (Lipinski definition) is 5. The lowest BCUT2D eigenvalue weighted by Gasteiger charge is -2.12. The largest absolute Gasteiger partial charge is 0.478 e. The van der Waals surface area contributed by atoms with Gasteiger partial charge in [-0.15, -0.1) is 0 Å². The zero-order valence-electron chi connectivity index (χ0n) is 15.1. The van der Waals surface area contributed by atoms with Crippen molar-refractivity contribution in [3.63, 3.8) is 0 Å². The molecule has 30 heavy (non-hydrogen) atoms. The number of rotatable bonds is 7. The van der Waals surface area contributed by atoms with Crippen LogP contribution in [0.25, 0.3) is 0 Å². The molecule has 0 atom stereocenters. The minimum Gasteiger partial charge on any atom is -0.478 e. The average Bonchev–Trinajstić information content (AvgIpc) is 2.68. The van der Waals surface area contributed by atoms with Gasteiger partial charge in [-0.05, 0) is 54.6 Å². The Balaban J connectivity index is 1.89. The number of halogens is 1. The third-order valence-electron chi connectivity index (χ3n) is 3.92. The van der Waals surface area contributed by atoms with Crippen molar-refractivity contribution in [2.75, 3.05) is 9.44 Å². The molecule has 0 aliphatic heterocycles. The number of hydrogen-bond donors (Lipinski definition) is 3. The molecule has 0 unspecified atom stereocenters. The fourth-order valence-corrected chi connectivity index (χ4v) is 4.69. The Morgan fingerprint density at radius 2 is 1.40 bits per heavy atom. The highest BCUT2D eigenvalue weighted by Gasteiger charge is 2.20. The number of nitrogens with one attached hydrogen (secondary N) is 2. The van der Waals surface area contributed by atoms with E-state index in [9.17, 15) is 31.1 Å². The van der Waals surface area contributed by atoms with Gasteiger partial charge in [0.05, 0.1) is 26.7 Å². The SMILES string of the molecule is O=C(O)c1ccccc1NS(=O)(=O)c1cccc(NS(=O)(=O)c2ccc(F)cc2)c1. The Labute approximate surface area is 172 Å². The predicted octanol–water partition coefficient (Wildman–Crippen LogP) is 3.13. The maximum absolute atomic E-state index is 13.0. The monoisotopic (exact) mass is 450 g/mol. The highest BCUT2D eigenvalue weighted by atomic mass is 32.2. The van der Waals surface area contributed by atoms with E-state index in [2.05, 4.69) is 9.44 Å². The number of aromatic carboxylic acids is 1. The predicted molar refractivity (Wildman–Crippen MR) is 108 cm³/mol. The summed E-state index contributed by atoms with van der Waals surface area (Å²) in [6.45, 7) is 0. The minimum atomic E-state index is -4.22. The molecular weight excluding hydrogens is 435 g/mol. The molecule has 0 amide bonds. The first-order valence-corrected chi connectivity index (χ1v) is 11.3.